The minimum Gasteiger partial charge on any atom is -0.329 e. The van der Waals surface area contributed by atoms with Crippen LogP contribution in [0, 0.1) is 6.92 Å². The van der Waals surface area contributed by atoms with Crippen molar-refractivity contribution in [3.8, 4) is 0 Å². The van der Waals surface area contributed by atoms with E-state index in [1.54, 1.807) is 0 Å². The molecule has 16 heavy (non-hydrogen) atoms. The molecule has 1 fully saturated rings. The van der Waals surface area contributed by atoms with Gasteiger partial charge in [-0.15, -0.1) is 0 Å². The predicted molar refractivity (Wildman–Crippen MR) is 66.2 cm³/mol. The van der Waals surface area contributed by atoms with Crippen molar-refractivity contribution in [2.24, 2.45) is 5.73 Å². The lowest BCUT2D eigenvalue weighted by Crippen LogP contribution is -2.37. The van der Waals surface area contributed by atoms with Crippen LogP contribution in [-0.4, -0.2) is 29.5 Å². The van der Waals surface area contributed by atoms with E-state index >= 15 is 0 Å². The molecule has 1 saturated heterocycles. The van der Waals surface area contributed by atoms with Gasteiger partial charge in [0.05, 0.1) is 0 Å². The zero-order valence-electron chi connectivity index (χ0n) is 10.0. The Balaban J connectivity index is 2.11. The van der Waals surface area contributed by atoms with E-state index in [0.717, 1.165) is 5.69 Å². The van der Waals surface area contributed by atoms with Crippen LogP contribution >= 0.6 is 0 Å². The molecular weight excluding hydrogens is 198 g/mol. The molecule has 88 valence electrons. The Morgan fingerprint density at radius 1 is 1.31 bits per heavy atom. The lowest BCUT2D eigenvalue weighted by molar-refractivity contribution is 0.167. The molecule has 1 unspecified atom stereocenters. The van der Waals surface area contributed by atoms with Gasteiger partial charge in [0, 0.05) is 24.5 Å². The number of rotatable bonds is 3. The first-order valence-electron chi connectivity index (χ1n) is 6.18. The summed E-state index contributed by atoms with van der Waals surface area (Å²) in [5.74, 6) is 0. The first kappa shape index (κ1) is 11.6. The van der Waals surface area contributed by atoms with Crippen LogP contribution in [0.1, 0.15) is 36.6 Å². The highest BCUT2D eigenvalue weighted by Crippen LogP contribution is 2.23. The summed E-state index contributed by atoms with van der Waals surface area (Å²) in [6.07, 6.45) is 5.94. The molecule has 0 spiro atoms. The fourth-order valence-corrected chi connectivity index (χ4v) is 2.40. The number of nitrogens with two attached hydrogens (primary N) is 1. The maximum atomic E-state index is 5.90. The fourth-order valence-electron chi connectivity index (χ4n) is 2.40. The number of pyridine rings is 1. The molecule has 0 radical (unpaired) electrons. The molecule has 1 aromatic rings. The van der Waals surface area contributed by atoms with Crippen molar-refractivity contribution in [2.75, 3.05) is 19.6 Å². The highest BCUT2D eigenvalue weighted by Gasteiger charge is 2.20. The number of hydrogen-bond donors (Lipinski definition) is 1. The number of hydrogen-bond acceptors (Lipinski definition) is 3. The summed E-state index contributed by atoms with van der Waals surface area (Å²) >= 11 is 0. The Hall–Kier alpha value is -0.930. The summed E-state index contributed by atoms with van der Waals surface area (Å²) in [6, 6.07) is 4.59. The molecule has 0 bridgehead atoms. The van der Waals surface area contributed by atoms with Crippen molar-refractivity contribution < 1.29 is 0 Å². The molecular formula is C13H21N3. The van der Waals surface area contributed by atoms with Gasteiger partial charge in [-0.05, 0) is 44.5 Å². The topological polar surface area (TPSA) is 42.1 Å². The average Bonchev–Trinajstić information content (AvgIpc) is 2.34. The number of nitrogens with zero attached hydrogens (tertiary/aromatic N) is 2. The van der Waals surface area contributed by atoms with E-state index < -0.39 is 0 Å². The van der Waals surface area contributed by atoms with Crippen molar-refractivity contribution in [3.63, 3.8) is 0 Å². The lowest BCUT2D eigenvalue weighted by Gasteiger charge is -2.34. The Labute approximate surface area is 97.7 Å². The summed E-state index contributed by atoms with van der Waals surface area (Å²) in [4.78, 5) is 6.86. The van der Waals surface area contributed by atoms with Crippen molar-refractivity contribution in [3.05, 3.63) is 29.6 Å². The van der Waals surface area contributed by atoms with Gasteiger partial charge < -0.3 is 5.73 Å². The smallest absolute Gasteiger partial charge is 0.0485 e. The second-order valence-corrected chi connectivity index (χ2v) is 4.58. The summed E-state index contributed by atoms with van der Waals surface area (Å²) in [5, 5.41) is 0. The minimum atomic E-state index is 0.355. The van der Waals surface area contributed by atoms with Crippen molar-refractivity contribution >= 4 is 0 Å². The number of likely N-dealkylation sites (tertiary alicyclic amines) is 1. The molecule has 1 atom stereocenters. The third-order valence-corrected chi connectivity index (χ3v) is 3.37. The van der Waals surface area contributed by atoms with Gasteiger partial charge in [-0.3, -0.25) is 9.88 Å². The van der Waals surface area contributed by atoms with E-state index in [2.05, 4.69) is 22.0 Å². The van der Waals surface area contributed by atoms with E-state index in [1.807, 2.05) is 13.1 Å². The third-order valence-electron chi connectivity index (χ3n) is 3.37. The summed E-state index contributed by atoms with van der Waals surface area (Å²) in [7, 11) is 0. The van der Waals surface area contributed by atoms with E-state index in [0.29, 0.717) is 12.6 Å². The minimum absolute atomic E-state index is 0.355. The molecule has 0 saturated carbocycles. The Kier molecular flexibility index (Phi) is 3.91. The molecule has 2 rings (SSSR count). The van der Waals surface area contributed by atoms with Gasteiger partial charge in [0.1, 0.15) is 0 Å². The van der Waals surface area contributed by atoms with Crippen LogP contribution < -0.4 is 5.73 Å². The number of piperidine rings is 1. The van der Waals surface area contributed by atoms with Crippen LogP contribution in [0.4, 0.5) is 0 Å². The van der Waals surface area contributed by atoms with Gasteiger partial charge in [-0.25, -0.2) is 0 Å². The maximum absolute atomic E-state index is 5.90. The van der Waals surface area contributed by atoms with Crippen molar-refractivity contribution in [1.29, 1.82) is 0 Å². The number of aryl methyl sites for hydroxylation is 1. The molecule has 1 aliphatic rings. The van der Waals surface area contributed by atoms with Gasteiger partial charge in [0.25, 0.3) is 0 Å². The second kappa shape index (κ2) is 5.41. The molecule has 1 aliphatic heterocycles. The van der Waals surface area contributed by atoms with Gasteiger partial charge in [-0.1, -0.05) is 12.5 Å². The monoisotopic (exact) mass is 219 g/mol. The van der Waals surface area contributed by atoms with Crippen LogP contribution in [0.5, 0.6) is 0 Å². The first-order valence-corrected chi connectivity index (χ1v) is 6.18. The standard InChI is InChI=1S/C13H21N3/c1-11-5-6-12(10-15-11)13(9-14)16-7-3-2-4-8-16/h5-6,10,13H,2-4,7-9,14H2,1H3. The summed E-state index contributed by atoms with van der Waals surface area (Å²) < 4.78 is 0. The molecule has 0 amide bonds. The molecule has 2 heterocycles. The van der Waals surface area contributed by atoms with Crippen molar-refractivity contribution in [1.82, 2.24) is 9.88 Å². The Bertz CT molecular complexity index is 314. The van der Waals surface area contributed by atoms with E-state index in [1.165, 1.54) is 37.9 Å². The molecule has 0 aliphatic carbocycles. The van der Waals surface area contributed by atoms with E-state index in [-0.39, 0.29) is 0 Å². The van der Waals surface area contributed by atoms with E-state index in [4.69, 9.17) is 5.73 Å². The van der Waals surface area contributed by atoms with Gasteiger partial charge >= 0.3 is 0 Å². The molecule has 1 aromatic heterocycles. The van der Waals surface area contributed by atoms with Crippen LogP contribution in [0.3, 0.4) is 0 Å². The van der Waals surface area contributed by atoms with Crippen LogP contribution in [0.2, 0.25) is 0 Å². The van der Waals surface area contributed by atoms with Gasteiger partial charge in [0.15, 0.2) is 0 Å². The molecule has 2 N–H and O–H groups in total. The Morgan fingerprint density at radius 2 is 2.06 bits per heavy atom. The molecule has 3 nitrogen and oxygen atoms in total. The van der Waals surface area contributed by atoms with E-state index in [9.17, 15) is 0 Å². The Morgan fingerprint density at radius 3 is 2.62 bits per heavy atom. The van der Waals surface area contributed by atoms with Crippen molar-refractivity contribution in [2.45, 2.75) is 32.2 Å². The third kappa shape index (κ3) is 2.60. The SMILES string of the molecule is Cc1ccc(C(CN)N2CCCCC2)cn1. The highest BCUT2D eigenvalue weighted by atomic mass is 15.2. The van der Waals surface area contributed by atoms with Crippen LogP contribution in [0.25, 0.3) is 0 Å². The summed E-state index contributed by atoms with van der Waals surface area (Å²) in [6.45, 7) is 5.05. The van der Waals surface area contributed by atoms with Gasteiger partial charge in [0.2, 0.25) is 0 Å². The normalized spacial score (nSPS) is 19.6. The maximum Gasteiger partial charge on any atom is 0.0485 e. The predicted octanol–water partition coefficient (Wildman–Crippen LogP) is 1.88. The van der Waals surface area contributed by atoms with Crippen LogP contribution in [-0.2, 0) is 0 Å². The quantitative estimate of drug-likeness (QED) is 0.844. The zero-order valence-corrected chi connectivity index (χ0v) is 10.0. The fraction of sp³-hybridized carbons (Fsp3) is 0.615. The lowest BCUT2D eigenvalue weighted by atomic mass is 10.0. The second-order valence-electron chi connectivity index (χ2n) is 4.58. The number of aromatic nitrogens is 1. The molecule has 0 aromatic carbocycles. The van der Waals surface area contributed by atoms with Crippen LogP contribution in [0.15, 0.2) is 18.3 Å². The highest BCUT2D eigenvalue weighted by molar-refractivity contribution is 5.18. The largest absolute Gasteiger partial charge is 0.329 e. The zero-order chi connectivity index (χ0) is 11.4. The molecule has 3 heteroatoms. The average molecular weight is 219 g/mol. The summed E-state index contributed by atoms with van der Waals surface area (Å²) in [5.41, 5.74) is 8.23. The van der Waals surface area contributed by atoms with Gasteiger partial charge in [-0.2, -0.15) is 0 Å². The first-order chi connectivity index (χ1) is 7.81.